The summed E-state index contributed by atoms with van der Waals surface area (Å²) in [6.45, 7) is 6.42. The third-order valence-corrected chi connectivity index (χ3v) is 2.65. The Morgan fingerprint density at radius 2 is 2.15 bits per heavy atom. The van der Waals surface area contributed by atoms with Gasteiger partial charge in [0.25, 0.3) is 0 Å². The van der Waals surface area contributed by atoms with Crippen LogP contribution in [0.4, 0.5) is 0 Å². The molecule has 0 aromatic heterocycles. The van der Waals surface area contributed by atoms with Crippen LogP contribution in [0.25, 0.3) is 0 Å². The monoisotopic (exact) mass is 340 g/mol. The molecule has 20 heavy (non-hydrogen) atoms. The standard InChI is InChI=1S/C13H17BrN4O2/c1-3-5-20-12-10(14)6-9(7-11(12)19-4-2)8-17-18-13(15)16/h3,6-8H,1,4-5H2,2H3,(H4,15,16,18). The van der Waals surface area contributed by atoms with E-state index in [-0.39, 0.29) is 5.96 Å². The lowest BCUT2D eigenvalue weighted by atomic mass is 10.2. The molecule has 0 amide bonds. The SMILES string of the molecule is C=CCOc1c(Br)cc(C=NN=C(N)N)cc1OCC. The molecule has 7 heteroatoms. The summed E-state index contributed by atoms with van der Waals surface area (Å²) in [7, 11) is 0. The molecule has 0 bridgehead atoms. The summed E-state index contributed by atoms with van der Waals surface area (Å²) in [5.74, 6) is 1.12. The van der Waals surface area contributed by atoms with Crippen molar-refractivity contribution in [1.82, 2.24) is 0 Å². The zero-order valence-electron chi connectivity index (χ0n) is 11.2. The van der Waals surface area contributed by atoms with Gasteiger partial charge in [-0.25, -0.2) is 0 Å². The number of hydrogen-bond donors (Lipinski definition) is 2. The highest BCUT2D eigenvalue weighted by Gasteiger charge is 2.11. The van der Waals surface area contributed by atoms with Gasteiger partial charge in [0.05, 0.1) is 17.3 Å². The third-order valence-electron chi connectivity index (χ3n) is 2.06. The Morgan fingerprint density at radius 1 is 1.40 bits per heavy atom. The van der Waals surface area contributed by atoms with Gasteiger partial charge in [-0.1, -0.05) is 12.7 Å². The summed E-state index contributed by atoms with van der Waals surface area (Å²) < 4.78 is 11.9. The Bertz CT molecular complexity index is 525. The first-order valence-electron chi connectivity index (χ1n) is 5.90. The Morgan fingerprint density at radius 3 is 2.75 bits per heavy atom. The van der Waals surface area contributed by atoms with Crippen molar-refractivity contribution in [2.45, 2.75) is 6.92 Å². The van der Waals surface area contributed by atoms with E-state index < -0.39 is 0 Å². The average molecular weight is 341 g/mol. The molecule has 0 spiro atoms. The molecule has 0 unspecified atom stereocenters. The third kappa shape index (κ3) is 4.93. The van der Waals surface area contributed by atoms with Crippen molar-refractivity contribution < 1.29 is 9.47 Å². The predicted octanol–water partition coefficient (Wildman–Crippen LogP) is 2.02. The van der Waals surface area contributed by atoms with Crippen LogP contribution in [0.15, 0.2) is 39.5 Å². The van der Waals surface area contributed by atoms with Gasteiger partial charge in [-0.3, -0.25) is 0 Å². The van der Waals surface area contributed by atoms with Gasteiger partial charge in [0.1, 0.15) is 6.61 Å². The molecule has 108 valence electrons. The summed E-state index contributed by atoms with van der Waals surface area (Å²) >= 11 is 3.43. The van der Waals surface area contributed by atoms with Gasteiger partial charge in [0, 0.05) is 0 Å². The Kier molecular flexibility index (Phi) is 6.58. The number of hydrogen-bond acceptors (Lipinski definition) is 4. The number of benzene rings is 1. The van der Waals surface area contributed by atoms with E-state index in [9.17, 15) is 0 Å². The molecule has 1 aromatic carbocycles. The zero-order valence-corrected chi connectivity index (χ0v) is 12.8. The number of rotatable bonds is 7. The quantitative estimate of drug-likeness (QED) is 0.343. The molecule has 0 aliphatic rings. The van der Waals surface area contributed by atoms with E-state index in [1.54, 1.807) is 12.1 Å². The summed E-state index contributed by atoms with van der Waals surface area (Å²) in [4.78, 5) is 0. The molecule has 0 fully saturated rings. The lowest BCUT2D eigenvalue weighted by molar-refractivity contribution is 0.295. The molecule has 1 rings (SSSR count). The van der Waals surface area contributed by atoms with Gasteiger partial charge in [-0.2, -0.15) is 5.10 Å². The number of halogens is 1. The molecule has 0 aliphatic heterocycles. The van der Waals surface area contributed by atoms with Gasteiger partial charge in [-0.05, 0) is 40.5 Å². The Hall–Kier alpha value is -2.02. The Labute approximate surface area is 126 Å². The molecule has 0 atom stereocenters. The van der Waals surface area contributed by atoms with Crippen molar-refractivity contribution >= 4 is 28.1 Å². The normalized spacial score (nSPS) is 10.3. The van der Waals surface area contributed by atoms with E-state index in [4.69, 9.17) is 20.9 Å². The van der Waals surface area contributed by atoms with E-state index in [0.717, 1.165) is 10.0 Å². The molecule has 6 nitrogen and oxygen atoms in total. The molecular formula is C13H17BrN4O2. The maximum absolute atomic E-state index is 5.57. The molecule has 0 saturated heterocycles. The topological polar surface area (TPSA) is 95.2 Å². The Balaban J connectivity index is 3.08. The minimum atomic E-state index is -0.101. The average Bonchev–Trinajstić information content (AvgIpc) is 2.38. The second kappa shape index (κ2) is 8.21. The number of ether oxygens (including phenoxy) is 2. The molecule has 1 aromatic rings. The predicted molar refractivity (Wildman–Crippen MR) is 84.4 cm³/mol. The van der Waals surface area contributed by atoms with Crippen LogP contribution >= 0.6 is 15.9 Å². The molecule has 0 heterocycles. The summed E-state index contributed by atoms with van der Waals surface area (Å²) in [5.41, 5.74) is 11.2. The summed E-state index contributed by atoms with van der Waals surface area (Å²) in [6.07, 6.45) is 3.18. The summed E-state index contributed by atoms with van der Waals surface area (Å²) in [5, 5.41) is 7.29. The van der Waals surface area contributed by atoms with Gasteiger partial charge in [-0.15, -0.1) is 5.10 Å². The van der Waals surface area contributed by atoms with Crippen molar-refractivity contribution in [1.29, 1.82) is 0 Å². The molecule has 0 saturated carbocycles. The van der Waals surface area contributed by atoms with Crippen LogP contribution in [-0.2, 0) is 0 Å². The van der Waals surface area contributed by atoms with E-state index in [0.29, 0.717) is 24.7 Å². The maximum atomic E-state index is 5.57. The van der Waals surface area contributed by atoms with Crippen LogP contribution in [0.1, 0.15) is 12.5 Å². The highest BCUT2D eigenvalue weighted by Crippen LogP contribution is 2.36. The molecule has 0 aliphatic carbocycles. The van der Waals surface area contributed by atoms with Crippen LogP contribution < -0.4 is 20.9 Å². The largest absolute Gasteiger partial charge is 0.490 e. The molecule has 0 radical (unpaired) electrons. The number of nitrogens with zero attached hydrogens (tertiary/aromatic N) is 2. The van der Waals surface area contributed by atoms with Crippen LogP contribution in [0, 0.1) is 0 Å². The minimum Gasteiger partial charge on any atom is -0.490 e. The van der Waals surface area contributed by atoms with Crippen molar-refractivity contribution in [2.75, 3.05) is 13.2 Å². The van der Waals surface area contributed by atoms with E-state index >= 15 is 0 Å². The first-order valence-corrected chi connectivity index (χ1v) is 6.69. The highest BCUT2D eigenvalue weighted by molar-refractivity contribution is 9.10. The van der Waals surface area contributed by atoms with Crippen LogP contribution in [0.2, 0.25) is 0 Å². The fourth-order valence-electron chi connectivity index (χ4n) is 1.37. The van der Waals surface area contributed by atoms with Crippen molar-refractivity contribution in [3.05, 3.63) is 34.8 Å². The highest BCUT2D eigenvalue weighted by atomic mass is 79.9. The van der Waals surface area contributed by atoms with E-state index in [1.165, 1.54) is 6.21 Å². The van der Waals surface area contributed by atoms with Gasteiger partial charge >= 0.3 is 0 Å². The first-order chi connectivity index (χ1) is 9.58. The second-order valence-electron chi connectivity index (χ2n) is 3.63. The van der Waals surface area contributed by atoms with Crippen LogP contribution in [0.5, 0.6) is 11.5 Å². The van der Waals surface area contributed by atoms with Crippen molar-refractivity contribution in [3.8, 4) is 11.5 Å². The second-order valence-corrected chi connectivity index (χ2v) is 4.49. The van der Waals surface area contributed by atoms with Gasteiger partial charge < -0.3 is 20.9 Å². The fraction of sp³-hybridized carbons (Fsp3) is 0.231. The zero-order chi connectivity index (χ0) is 15.0. The fourth-order valence-corrected chi connectivity index (χ4v) is 1.94. The van der Waals surface area contributed by atoms with Crippen molar-refractivity contribution in [3.63, 3.8) is 0 Å². The maximum Gasteiger partial charge on any atom is 0.211 e. The van der Waals surface area contributed by atoms with Crippen LogP contribution in [-0.4, -0.2) is 25.4 Å². The lowest BCUT2D eigenvalue weighted by Crippen LogP contribution is -2.21. The number of guanidine groups is 1. The lowest BCUT2D eigenvalue weighted by Gasteiger charge is -2.13. The summed E-state index contributed by atoms with van der Waals surface area (Å²) in [6, 6.07) is 3.62. The smallest absolute Gasteiger partial charge is 0.211 e. The van der Waals surface area contributed by atoms with Crippen LogP contribution in [0.3, 0.4) is 0 Å². The van der Waals surface area contributed by atoms with Crippen molar-refractivity contribution in [2.24, 2.45) is 21.7 Å². The van der Waals surface area contributed by atoms with E-state index in [1.807, 2.05) is 13.0 Å². The molecular weight excluding hydrogens is 324 g/mol. The number of nitrogens with two attached hydrogens (primary N) is 2. The van der Waals surface area contributed by atoms with Gasteiger partial charge in [0.15, 0.2) is 11.5 Å². The first kappa shape index (κ1) is 16.0. The van der Waals surface area contributed by atoms with E-state index in [2.05, 4.69) is 32.7 Å². The van der Waals surface area contributed by atoms with Gasteiger partial charge in [0.2, 0.25) is 5.96 Å². The minimum absolute atomic E-state index is 0.101. The molecule has 4 N–H and O–H groups in total.